The van der Waals surface area contributed by atoms with Crippen molar-refractivity contribution in [3.63, 3.8) is 0 Å². The number of allylic oxidation sites excluding steroid dienone is 1. The van der Waals surface area contributed by atoms with Crippen molar-refractivity contribution in [2.24, 2.45) is 0 Å². The topological polar surface area (TPSA) is 26.3 Å². The number of aldehydes is 1. The fourth-order valence-electron chi connectivity index (χ4n) is 2.18. The molecular weight excluding hydrogens is 228 g/mol. The van der Waals surface area contributed by atoms with Gasteiger partial charge in [0.05, 0.1) is 6.10 Å². The molecular formula is C14H28O2Si. The van der Waals surface area contributed by atoms with Gasteiger partial charge in [-0.05, 0) is 37.4 Å². The SMILES string of the molecule is C=CCCCC(CC=O)O[Si](CC)(CC)CC. The largest absolute Gasteiger partial charge is 0.414 e. The maximum Gasteiger partial charge on any atom is 0.192 e. The minimum absolute atomic E-state index is 0.138. The Balaban J connectivity index is 4.37. The van der Waals surface area contributed by atoms with E-state index >= 15 is 0 Å². The Morgan fingerprint density at radius 2 is 1.82 bits per heavy atom. The Labute approximate surface area is 108 Å². The maximum absolute atomic E-state index is 10.7. The third-order valence-corrected chi connectivity index (χ3v) is 8.34. The van der Waals surface area contributed by atoms with Crippen LogP contribution < -0.4 is 0 Å². The molecule has 0 aliphatic rings. The van der Waals surface area contributed by atoms with Crippen LogP contribution in [-0.4, -0.2) is 20.7 Å². The molecule has 0 aliphatic carbocycles. The van der Waals surface area contributed by atoms with E-state index in [1.807, 2.05) is 6.08 Å². The van der Waals surface area contributed by atoms with Crippen LogP contribution >= 0.6 is 0 Å². The van der Waals surface area contributed by atoms with Crippen molar-refractivity contribution < 1.29 is 9.22 Å². The van der Waals surface area contributed by atoms with Gasteiger partial charge in [-0.15, -0.1) is 6.58 Å². The molecule has 0 N–H and O–H groups in total. The van der Waals surface area contributed by atoms with Gasteiger partial charge in [0.25, 0.3) is 0 Å². The second kappa shape index (κ2) is 9.60. The van der Waals surface area contributed by atoms with Crippen LogP contribution in [0.1, 0.15) is 46.5 Å². The van der Waals surface area contributed by atoms with Crippen molar-refractivity contribution in [1.82, 2.24) is 0 Å². The van der Waals surface area contributed by atoms with E-state index in [-0.39, 0.29) is 6.10 Å². The molecule has 0 aromatic heterocycles. The summed E-state index contributed by atoms with van der Waals surface area (Å²) < 4.78 is 6.35. The van der Waals surface area contributed by atoms with Crippen molar-refractivity contribution in [2.75, 3.05) is 0 Å². The van der Waals surface area contributed by atoms with Gasteiger partial charge in [-0.3, -0.25) is 0 Å². The summed E-state index contributed by atoms with van der Waals surface area (Å²) >= 11 is 0. The van der Waals surface area contributed by atoms with E-state index in [9.17, 15) is 4.79 Å². The molecule has 0 spiro atoms. The molecule has 0 aromatic carbocycles. The first-order valence-electron chi connectivity index (χ1n) is 6.90. The lowest BCUT2D eigenvalue weighted by molar-refractivity contribution is -0.109. The summed E-state index contributed by atoms with van der Waals surface area (Å²) in [5.74, 6) is 0. The number of hydrogen-bond donors (Lipinski definition) is 0. The van der Waals surface area contributed by atoms with Crippen molar-refractivity contribution in [3.8, 4) is 0 Å². The lowest BCUT2D eigenvalue weighted by Gasteiger charge is -2.32. The first-order chi connectivity index (χ1) is 8.17. The van der Waals surface area contributed by atoms with Gasteiger partial charge < -0.3 is 9.22 Å². The van der Waals surface area contributed by atoms with Gasteiger partial charge in [0, 0.05) is 6.42 Å². The van der Waals surface area contributed by atoms with Crippen LogP contribution in [0.5, 0.6) is 0 Å². The Hall–Kier alpha value is -0.413. The van der Waals surface area contributed by atoms with Crippen LogP contribution in [0.2, 0.25) is 18.1 Å². The van der Waals surface area contributed by atoms with E-state index in [4.69, 9.17) is 4.43 Å². The molecule has 0 rings (SSSR count). The van der Waals surface area contributed by atoms with Crippen LogP contribution in [0.3, 0.4) is 0 Å². The molecule has 0 saturated carbocycles. The second-order valence-electron chi connectivity index (χ2n) is 4.61. The number of rotatable bonds is 11. The maximum atomic E-state index is 10.7. The zero-order valence-electron chi connectivity index (χ0n) is 11.7. The Bertz CT molecular complexity index is 204. The van der Waals surface area contributed by atoms with E-state index < -0.39 is 8.32 Å². The fraction of sp³-hybridized carbons (Fsp3) is 0.786. The molecule has 1 atom stereocenters. The first-order valence-corrected chi connectivity index (χ1v) is 9.43. The Morgan fingerprint density at radius 1 is 1.24 bits per heavy atom. The smallest absolute Gasteiger partial charge is 0.192 e. The van der Waals surface area contributed by atoms with E-state index in [0.717, 1.165) is 43.7 Å². The summed E-state index contributed by atoms with van der Waals surface area (Å²) in [6.07, 6.45) is 6.69. The molecule has 0 aromatic rings. The van der Waals surface area contributed by atoms with Crippen molar-refractivity contribution in [3.05, 3.63) is 12.7 Å². The molecule has 2 nitrogen and oxygen atoms in total. The summed E-state index contributed by atoms with van der Waals surface area (Å²) in [5, 5.41) is 0. The number of carbonyl (C=O) groups excluding carboxylic acids is 1. The number of unbranched alkanes of at least 4 members (excludes halogenated alkanes) is 1. The molecule has 0 fully saturated rings. The monoisotopic (exact) mass is 256 g/mol. The molecule has 0 aliphatic heterocycles. The standard InChI is InChI=1S/C14H28O2Si/c1-5-9-10-11-14(12-13-15)16-17(6-2,7-3)8-4/h5,13-14H,1,6-12H2,2-4H3. The van der Waals surface area contributed by atoms with Crippen molar-refractivity contribution in [2.45, 2.75) is 70.7 Å². The lowest BCUT2D eigenvalue weighted by Crippen LogP contribution is -2.40. The predicted molar refractivity (Wildman–Crippen MR) is 76.8 cm³/mol. The molecule has 1 unspecified atom stereocenters. The molecule has 0 amide bonds. The summed E-state index contributed by atoms with van der Waals surface area (Å²) in [5.41, 5.74) is 0. The van der Waals surface area contributed by atoms with Crippen LogP contribution in [0.15, 0.2) is 12.7 Å². The highest BCUT2D eigenvalue weighted by Gasteiger charge is 2.31. The predicted octanol–water partition coefficient (Wildman–Crippen LogP) is 4.32. The normalized spacial score (nSPS) is 13.4. The van der Waals surface area contributed by atoms with Crippen LogP contribution in [-0.2, 0) is 9.22 Å². The molecule has 0 saturated heterocycles. The molecule has 0 heterocycles. The molecule has 3 heteroatoms. The van der Waals surface area contributed by atoms with E-state index in [0.29, 0.717) is 6.42 Å². The van der Waals surface area contributed by atoms with E-state index in [1.165, 1.54) is 0 Å². The average Bonchev–Trinajstić information content (AvgIpc) is 2.36. The van der Waals surface area contributed by atoms with E-state index in [2.05, 4.69) is 27.4 Å². The highest BCUT2D eigenvalue weighted by Crippen LogP contribution is 2.25. The van der Waals surface area contributed by atoms with Crippen LogP contribution in [0.25, 0.3) is 0 Å². The third kappa shape index (κ3) is 6.17. The minimum Gasteiger partial charge on any atom is -0.414 e. The number of hydrogen-bond acceptors (Lipinski definition) is 2. The van der Waals surface area contributed by atoms with Gasteiger partial charge in [-0.25, -0.2) is 0 Å². The van der Waals surface area contributed by atoms with Crippen LogP contribution in [0.4, 0.5) is 0 Å². The fourth-order valence-corrected chi connectivity index (χ4v) is 5.10. The van der Waals surface area contributed by atoms with Crippen molar-refractivity contribution >= 4 is 14.6 Å². The van der Waals surface area contributed by atoms with Gasteiger partial charge in [0.15, 0.2) is 8.32 Å². The summed E-state index contributed by atoms with van der Waals surface area (Å²) in [4.78, 5) is 10.7. The highest BCUT2D eigenvalue weighted by molar-refractivity contribution is 6.73. The highest BCUT2D eigenvalue weighted by atomic mass is 28.4. The van der Waals surface area contributed by atoms with Crippen molar-refractivity contribution in [1.29, 1.82) is 0 Å². The molecule has 0 radical (unpaired) electrons. The molecule has 100 valence electrons. The zero-order chi connectivity index (χ0) is 13.1. The number of carbonyl (C=O) groups is 1. The molecule has 17 heavy (non-hydrogen) atoms. The van der Waals surface area contributed by atoms with E-state index in [1.54, 1.807) is 0 Å². The Morgan fingerprint density at radius 3 is 2.24 bits per heavy atom. The summed E-state index contributed by atoms with van der Waals surface area (Å²) in [6, 6.07) is 3.45. The van der Waals surface area contributed by atoms with Gasteiger partial charge >= 0.3 is 0 Å². The van der Waals surface area contributed by atoms with Gasteiger partial charge in [-0.2, -0.15) is 0 Å². The molecule has 0 bridgehead atoms. The van der Waals surface area contributed by atoms with Gasteiger partial charge in [-0.1, -0.05) is 26.8 Å². The average molecular weight is 256 g/mol. The van der Waals surface area contributed by atoms with Crippen LogP contribution in [0, 0.1) is 0 Å². The second-order valence-corrected chi connectivity index (χ2v) is 9.33. The Kier molecular flexibility index (Phi) is 9.37. The first kappa shape index (κ1) is 16.6. The summed E-state index contributed by atoms with van der Waals surface area (Å²) in [7, 11) is -1.56. The minimum atomic E-state index is -1.56. The quantitative estimate of drug-likeness (QED) is 0.238. The third-order valence-electron chi connectivity index (χ3n) is 3.64. The zero-order valence-corrected chi connectivity index (χ0v) is 12.7. The van der Waals surface area contributed by atoms with Gasteiger partial charge in [0.1, 0.15) is 6.29 Å². The summed E-state index contributed by atoms with van der Waals surface area (Å²) in [6.45, 7) is 10.4. The lowest BCUT2D eigenvalue weighted by atomic mass is 10.1. The van der Waals surface area contributed by atoms with Gasteiger partial charge in [0.2, 0.25) is 0 Å².